The van der Waals surface area contributed by atoms with Crippen molar-refractivity contribution in [1.29, 1.82) is 0 Å². The molecule has 4 saturated heterocycles. The van der Waals surface area contributed by atoms with Crippen molar-refractivity contribution in [3.8, 4) is 0 Å². The van der Waals surface area contributed by atoms with Crippen LogP contribution in [0.1, 0.15) is 12.8 Å². The lowest BCUT2D eigenvalue weighted by molar-refractivity contribution is -0.0881. The monoisotopic (exact) mass is 326 g/mol. The SMILES string of the molecule is O=C1OC2(CN3CCC2CC3)CN1c1ccc(Br)o1. The third kappa shape index (κ3) is 1.73. The summed E-state index contributed by atoms with van der Waals surface area (Å²) in [6, 6.07) is 3.59. The first-order chi connectivity index (χ1) is 9.16. The fourth-order valence-electron chi connectivity index (χ4n) is 3.63. The van der Waals surface area contributed by atoms with Gasteiger partial charge in [0.25, 0.3) is 0 Å². The van der Waals surface area contributed by atoms with Crippen LogP contribution in [0.5, 0.6) is 0 Å². The molecule has 102 valence electrons. The lowest BCUT2D eigenvalue weighted by Gasteiger charge is -2.49. The number of furan rings is 1. The minimum absolute atomic E-state index is 0.282. The largest absolute Gasteiger partial charge is 0.439 e. The summed E-state index contributed by atoms with van der Waals surface area (Å²) < 4.78 is 11.9. The van der Waals surface area contributed by atoms with Gasteiger partial charge in [-0.25, -0.2) is 9.69 Å². The Bertz CT molecular complexity index is 524. The van der Waals surface area contributed by atoms with E-state index in [4.69, 9.17) is 9.15 Å². The van der Waals surface area contributed by atoms with Gasteiger partial charge in [-0.15, -0.1) is 0 Å². The number of hydrogen-bond acceptors (Lipinski definition) is 4. The number of ether oxygens (including phenoxy) is 1. The second-order valence-electron chi connectivity index (χ2n) is 5.65. The maximum absolute atomic E-state index is 12.1. The molecule has 2 bridgehead atoms. The Balaban J connectivity index is 1.63. The number of nitrogens with zero attached hydrogens (tertiary/aromatic N) is 2. The molecule has 6 heteroatoms. The van der Waals surface area contributed by atoms with Crippen molar-refractivity contribution in [3.63, 3.8) is 0 Å². The van der Waals surface area contributed by atoms with Crippen LogP contribution >= 0.6 is 15.9 Å². The molecule has 0 aromatic carbocycles. The second-order valence-corrected chi connectivity index (χ2v) is 6.43. The zero-order chi connectivity index (χ0) is 13.0. The van der Waals surface area contributed by atoms with Crippen molar-refractivity contribution in [2.45, 2.75) is 18.4 Å². The van der Waals surface area contributed by atoms with Gasteiger partial charge in [0, 0.05) is 18.5 Å². The number of carbonyl (C=O) groups is 1. The molecule has 0 saturated carbocycles. The Kier molecular flexibility index (Phi) is 2.48. The number of fused-ring (bicyclic) bond motifs is 2. The molecule has 1 unspecified atom stereocenters. The van der Waals surface area contributed by atoms with Crippen molar-refractivity contribution >= 4 is 27.9 Å². The highest BCUT2D eigenvalue weighted by Gasteiger charge is 2.56. The fourth-order valence-corrected chi connectivity index (χ4v) is 3.93. The molecule has 19 heavy (non-hydrogen) atoms. The summed E-state index contributed by atoms with van der Waals surface area (Å²) in [7, 11) is 0. The highest BCUT2D eigenvalue weighted by molar-refractivity contribution is 9.10. The van der Waals surface area contributed by atoms with Crippen molar-refractivity contribution < 1.29 is 13.9 Å². The van der Waals surface area contributed by atoms with Crippen molar-refractivity contribution in [3.05, 3.63) is 16.8 Å². The smallest absolute Gasteiger partial charge is 0.417 e. The van der Waals surface area contributed by atoms with Gasteiger partial charge in [0.05, 0.1) is 6.54 Å². The molecule has 1 atom stereocenters. The average Bonchev–Trinajstić information content (AvgIpc) is 2.95. The van der Waals surface area contributed by atoms with E-state index in [1.807, 2.05) is 0 Å². The Hall–Kier alpha value is -1.01. The number of anilines is 1. The molecule has 4 aliphatic rings. The number of piperidine rings is 3. The Morgan fingerprint density at radius 2 is 2.05 bits per heavy atom. The third-order valence-corrected chi connectivity index (χ3v) is 5.01. The number of rotatable bonds is 1. The fraction of sp³-hybridized carbons (Fsp3) is 0.615. The molecular weight excluding hydrogens is 312 g/mol. The van der Waals surface area contributed by atoms with Crippen molar-refractivity contribution in [1.82, 2.24) is 4.90 Å². The van der Waals surface area contributed by atoms with E-state index in [9.17, 15) is 4.79 Å². The van der Waals surface area contributed by atoms with Gasteiger partial charge < -0.3 is 9.15 Å². The summed E-state index contributed by atoms with van der Waals surface area (Å²) in [5.41, 5.74) is -0.327. The third-order valence-electron chi connectivity index (χ3n) is 4.58. The quantitative estimate of drug-likeness (QED) is 0.795. The van der Waals surface area contributed by atoms with Gasteiger partial charge in [0.1, 0.15) is 5.60 Å². The van der Waals surface area contributed by atoms with Crippen molar-refractivity contribution in [2.24, 2.45) is 5.92 Å². The Labute approximate surface area is 119 Å². The molecule has 5 rings (SSSR count). The molecule has 1 amide bonds. The standard InChI is InChI=1S/C13H15BrN2O3/c14-10-1-2-11(18-10)16-8-13(19-12(16)17)7-15-5-3-9(13)4-6-15/h1-2,9H,3-8H2. The summed E-state index contributed by atoms with van der Waals surface area (Å²) in [6.07, 6.45) is 1.97. The Morgan fingerprint density at radius 3 is 2.63 bits per heavy atom. The molecule has 5 heterocycles. The van der Waals surface area contributed by atoms with E-state index in [0.29, 0.717) is 23.0 Å². The first-order valence-electron chi connectivity index (χ1n) is 6.64. The first kappa shape index (κ1) is 11.8. The van der Waals surface area contributed by atoms with Crippen molar-refractivity contribution in [2.75, 3.05) is 31.1 Å². The molecule has 5 nitrogen and oxygen atoms in total. The first-order valence-corrected chi connectivity index (χ1v) is 7.44. The predicted molar refractivity (Wildman–Crippen MR) is 72.1 cm³/mol. The summed E-state index contributed by atoms with van der Waals surface area (Å²) >= 11 is 3.27. The van der Waals surface area contributed by atoms with E-state index in [1.54, 1.807) is 17.0 Å². The van der Waals surface area contributed by atoms with Crippen LogP contribution in [0.15, 0.2) is 21.2 Å². The van der Waals surface area contributed by atoms with Crippen LogP contribution in [0, 0.1) is 5.92 Å². The van der Waals surface area contributed by atoms with Crippen LogP contribution in [-0.4, -0.2) is 42.8 Å². The topological polar surface area (TPSA) is 45.9 Å². The minimum atomic E-state index is -0.327. The van der Waals surface area contributed by atoms with E-state index >= 15 is 0 Å². The van der Waals surface area contributed by atoms with Gasteiger partial charge in [-0.1, -0.05) is 0 Å². The summed E-state index contributed by atoms with van der Waals surface area (Å²) in [6.45, 7) is 3.74. The number of amides is 1. The molecule has 0 radical (unpaired) electrons. The van der Waals surface area contributed by atoms with E-state index in [0.717, 1.165) is 32.5 Å². The second kappa shape index (κ2) is 3.99. The Morgan fingerprint density at radius 1 is 1.26 bits per heavy atom. The molecule has 1 spiro atoms. The van der Waals surface area contributed by atoms with Crippen LogP contribution < -0.4 is 4.90 Å². The van der Waals surface area contributed by atoms with E-state index in [2.05, 4.69) is 20.8 Å². The molecule has 4 fully saturated rings. The van der Waals surface area contributed by atoms with Gasteiger partial charge >= 0.3 is 6.09 Å². The van der Waals surface area contributed by atoms with Gasteiger partial charge in [-0.05, 0) is 47.9 Å². The van der Waals surface area contributed by atoms with Crippen LogP contribution in [0.4, 0.5) is 10.7 Å². The molecule has 1 aromatic rings. The van der Waals surface area contributed by atoms with Crippen LogP contribution in [-0.2, 0) is 4.74 Å². The van der Waals surface area contributed by atoms with E-state index in [-0.39, 0.29) is 11.7 Å². The molecule has 4 aliphatic heterocycles. The molecule has 0 N–H and O–H groups in total. The van der Waals surface area contributed by atoms with Gasteiger partial charge in [-0.2, -0.15) is 0 Å². The van der Waals surface area contributed by atoms with Crippen LogP contribution in [0.25, 0.3) is 0 Å². The van der Waals surface area contributed by atoms with Crippen LogP contribution in [0.3, 0.4) is 0 Å². The predicted octanol–water partition coefficient (Wildman–Crippen LogP) is 2.46. The summed E-state index contributed by atoms with van der Waals surface area (Å²) in [4.78, 5) is 16.2. The number of halogens is 1. The lowest BCUT2D eigenvalue weighted by atomic mass is 9.75. The van der Waals surface area contributed by atoms with Gasteiger partial charge in [-0.3, -0.25) is 4.90 Å². The number of carbonyl (C=O) groups excluding carboxylic acids is 1. The summed E-state index contributed by atoms with van der Waals surface area (Å²) in [5, 5.41) is 0. The zero-order valence-electron chi connectivity index (χ0n) is 10.5. The van der Waals surface area contributed by atoms with Crippen LogP contribution in [0.2, 0.25) is 0 Å². The molecule has 1 aromatic heterocycles. The van der Waals surface area contributed by atoms with E-state index in [1.165, 1.54) is 0 Å². The number of hydrogen-bond donors (Lipinski definition) is 0. The highest BCUT2D eigenvalue weighted by Crippen LogP contribution is 2.43. The molecule has 0 aliphatic carbocycles. The minimum Gasteiger partial charge on any atom is -0.439 e. The zero-order valence-corrected chi connectivity index (χ0v) is 12.1. The van der Waals surface area contributed by atoms with Gasteiger partial charge in [0.2, 0.25) is 5.88 Å². The molecular formula is C13H15BrN2O3. The lowest BCUT2D eigenvalue weighted by Crippen LogP contribution is -2.61. The normalized spacial score (nSPS) is 37.1. The average molecular weight is 327 g/mol. The maximum atomic E-state index is 12.1. The summed E-state index contributed by atoms with van der Waals surface area (Å²) in [5.74, 6) is 1.05. The highest BCUT2D eigenvalue weighted by atomic mass is 79.9. The van der Waals surface area contributed by atoms with Gasteiger partial charge in [0.15, 0.2) is 4.67 Å². The maximum Gasteiger partial charge on any atom is 0.417 e. The van der Waals surface area contributed by atoms with E-state index < -0.39 is 0 Å².